The minimum absolute atomic E-state index is 0.214. The molecule has 1 saturated heterocycles. The molecule has 0 radical (unpaired) electrons. The summed E-state index contributed by atoms with van der Waals surface area (Å²) >= 11 is 0. The van der Waals surface area contributed by atoms with Crippen molar-refractivity contribution in [2.24, 2.45) is 5.73 Å². The number of hydrogen-bond donors (Lipinski definition) is 2. The molecule has 3 N–H and O–H groups in total. The summed E-state index contributed by atoms with van der Waals surface area (Å²) in [5, 5.41) is 2.89. The van der Waals surface area contributed by atoms with Crippen LogP contribution in [0.2, 0.25) is 0 Å². The van der Waals surface area contributed by atoms with Gasteiger partial charge in [0, 0.05) is 50.2 Å². The topological polar surface area (TPSA) is 75.2 Å². The van der Waals surface area contributed by atoms with Crippen LogP contribution < -0.4 is 20.7 Å². The van der Waals surface area contributed by atoms with Crippen LogP contribution in [0, 0.1) is 0 Å². The molecule has 0 saturated carbocycles. The molecule has 0 spiro atoms. The number of primary amides is 1. The molecule has 2 amide bonds. The van der Waals surface area contributed by atoms with Crippen LogP contribution in [0.1, 0.15) is 31.4 Å². The lowest BCUT2D eigenvalue weighted by molar-refractivity contribution is 0.176. The lowest BCUT2D eigenvalue weighted by Crippen LogP contribution is -2.47. The molecule has 164 valence electrons. The van der Waals surface area contributed by atoms with Crippen LogP contribution in [0.5, 0.6) is 5.75 Å². The van der Waals surface area contributed by atoms with Gasteiger partial charge in [0.25, 0.3) is 0 Å². The van der Waals surface area contributed by atoms with Crippen LogP contribution in [0.25, 0.3) is 5.52 Å². The Hall–Kier alpha value is -3.19. The molecule has 1 aliphatic heterocycles. The predicted octanol–water partition coefficient (Wildman–Crippen LogP) is 4.10. The first-order valence-corrected chi connectivity index (χ1v) is 10.9. The zero-order valence-corrected chi connectivity index (χ0v) is 18.3. The van der Waals surface area contributed by atoms with Gasteiger partial charge in [-0.25, -0.2) is 4.79 Å². The fourth-order valence-electron chi connectivity index (χ4n) is 4.63. The highest BCUT2D eigenvalue weighted by atomic mass is 16.5. The van der Waals surface area contributed by atoms with Gasteiger partial charge >= 0.3 is 6.03 Å². The molecule has 0 bridgehead atoms. The molecule has 2 aromatic heterocycles. The van der Waals surface area contributed by atoms with Crippen molar-refractivity contribution in [2.75, 3.05) is 43.5 Å². The number of pyridine rings is 1. The third kappa shape index (κ3) is 4.32. The van der Waals surface area contributed by atoms with Crippen molar-refractivity contribution in [3.8, 4) is 5.75 Å². The Morgan fingerprint density at radius 2 is 1.87 bits per heavy atom. The molecule has 7 nitrogen and oxygen atoms in total. The van der Waals surface area contributed by atoms with E-state index in [9.17, 15) is 4.79 Å². The van der Waals surface area contributed by atoms with Crippen molar-refractivity contribution in [3.05, 3.63) is 60.4 Å². The Labute approximate surface area is 183 Å². The van der Waals surface area contributed by atoms with Crippen LogP contribution in [0.4, 0.5) is 16.2 Å². The maximum atomic E-state index is 11.7. The highest BCUT2D eigenvalue weighted by molar-refractivity contribution is 5.95. The van der Waals surface area contributed by atoms with Crippen LogP contribution in [0.15, 0.2) is 54.9 Å². The first-order chi connectivity index (χ1) is 15.1. The summed E-state index contributed by atoms with van der Waals surface area (Å²) in [7, 11) is 1.72. The van der Waals surface area contributed by atoms with E-state index < -0.39 is 6.03 Å². The number of hydrogen-bond acceptors (Lipinski definition) is 4. The van der Waals surface area contributed by atoms with Crippen molar-refractivity contribution < 1.29 is 9.53 Å². The molecule has 3 heterocycles. The summed E-state index contributed by atoms with van der Waals surface area (Å²) in [6, 6.07) is 13.8. The van der Waals surface area contributed by atoms with Gasteiger partial charge in [-0.15, -0.1) is 0 Å². The standard InChI is InChI=1S/C24H31N5O2/c1-3-8-19(18-17-29-12-7-6-10-21(29)23(18)26-24(25)30)27-13-15-28(16-14-27)20-9-4-5-11-22(20)31-2/h4-7,9-12,17,19H,3,8,13-16H2,1-2H3,(H3,25,26,30). The zero-order chi connectivity index (χ0) is 21.8. The summed E-state index contributed by atoms with van der Waals surface area (Å²) in [4.78, 5) is 16.7. The van der Waals surface area contributed by atoms with E-state index in [2.05, 4.69) is 44.8 Å². The smallest absolute Gasteiger partial charge is 0.316 e. The number of nitrogens with two attached hydrogens (primary N) is 1. The first-order valence-electron chi connectivity index (χ1n) is 10.9. The maximum Gasteiger partial charge on any atom is 0.316 e. The second kappa shape index (κ2) is 9.31. The van der Waals surface area contributed by atoms with Gasteiger partial charge in [-0.3, -0.25) is 4.90 Å². The van der Waals surface area contributed by atoms with Crippen LogP contribution in [0.3, 0.4) is 0 Å². The van der Waals surface area contributed by atoms with E-state index in [1.165, 1.54) is 0 Å². The second-order valence-electron chi connectivity index (χ2n) is 7.94. The molecule has 1 fully saturated rings. The number of carbonyl (C=O) groups is 1. The number of anilines is 2. The molecule has 3 aromatic rings. The highest BCUT2D eigenvalue weighted by Gasteiger charge is 2.29. The minimum atomic E-state index is -0.533. The molecule has 4 rings (SSSR count). The normalized spacial score (nSPS) is 15.7. The van der Waals surface area contributed by atoms with E-state index in [0.717, 1.165) is 67.2 Å². The summed E-state index contributed by atoms with van der Waals surface area (Å²) < 4.78 is 7.62. The van der Waals surface area contributed by atoms with Crippen molar-refractivity contribution >= 4 is 22.9 Å². The van der Waals surface area contributed by atoms with Crippen molar-refractivity contribution in [1.82, 2.24) is 9.30 Å². The second-order valence-corrected chi connectivity index (χ2v) is 7.94. The van der Waals surface area contributed by atoms with E-state index in [0.29, 0.717) is 0 Å². The SMILES string of the molecule is CCCC(c1cn2ccccc2c1NC(N)=O)N1CCN(c2ccccc2OC)CC1. The largest absolute Gasteiger partial charge is 0.495 e. The number of nitrogens with one attached hydrogen (secondary N) is 1. The lowest BCUT2D eigenvalue weighted by atomic mass is 10.0. The van der Waals surface area contributed by atoms with Crippen molar-refractivity contribution in [3.63, 3.8) is 0 Å². The van der Waals surface area contributed by atoms with E-state index in [-0.39, 0.29) is 6.04 Å². The van der Waals surface area contributed by atoms with Crippen molar-refractivity contribution in [2.45, 2.75) is 25.8 Å². The predicted molar refractivity (Wildman–Crippen MR) is 125 cm³/mol. The van der Waals surface area contributed by atoms with Gasteiger partial charge in [0.2, 0.25) is 0 Å². The summed E-state index contributed by atoms with van der Waals surface area (Å²) in [6.45, 7) is 5.92. The summed E-state index contributed by atoms with van der Waals surface area (Å²) in [5.74, 6) is 0.910. The Kier molecular flexibility index (Phi) is 6.32. The molecule has 31 heavy (non-hydrogen) atoms. The number of amides is 2. The van der Waals surface area contributed by atoms with E-state index in [1.54, 1.807) is 7.11 Å². The van der Waals surface area contributed by atoms with Gasteiger partial charge in [-0.1, -0.05) is 31.5 Å². The number of urea groups is 1. The zero-order valence-electron chi connectivity index (χ0n) is 18.3. The maximum absolute atomic E-state index is 11.7. The fraction of sp³-hybridized carbons (Fsp3) is 0.375. The van der Waals surface area contributed by atoms with Gasteiger partial charge in [0.05, 0.1) is 24.0 Å². The average Bonchev–Trinajstić information content (AvgIpc) is 3.15. The number of para-hydroxylation sites is 2. The van der Waals surface area contributed by atoms with E-state index in [4.69, 9.17) is 10.5 Å². The number of nitrogens with zero attached hydrogens (tertiary/aromatic N) is 3. The van der Waals surface area contributed by atoms with Gasteiger partial charge in [-0.05, 0) is 30.7 Å². The number of fused-ring (bicyclic) bond motifs is 1. The number of carbonyl (C=O) groups excluding carboxylic acids is 1. The number of methoxy groups -OCH3 is 1. The van der Waals surface area contributed by atoms with E-state index >= 15 is 0 Å². The number of benzene rings is 1. The van der Waals surface area contributed by atoms with Gasteiger partial charge in [0.15, 0.2) is 0 Å². The van der Waals surface area contributed by atoms with E-state index in [1.807, 2.05) is 36.5 Å². The Morgan fingerprint density at radius 3 is 2.58 bits per heavy atom. The molecule has 1 aromatic carbocycles. The molecule has 1 atom stereocenters. The Bertz CT molecular complexity index is 1040. The fourth-order valence-corrected chi connectivity index (χ4v) is 4.63. The number of aromatic nitrogens is 1. The minimum Gasteiger partial charge on any atom is -0.495 e. The molecule has 7 heteroatoms. The highest BCUT2D eigenvalue weighted by Crippen LogP contribution is 2.37. The third-order valence-electron chi connectivity index (χ3n) is 6.06. The molecule has 1 aliphatic rings. The molecule has 1 unspecified atom stereocenters. The molecular formula is C24H31N5O2. The first kappa shape index (κ1) is 21.1. The summed E-state index contributed by atoms with van der Waals surface area (Å²) in [5.41, 5.74) is 9.56. The van der Waals surface area contributed by atoms with Gasteiger partial charge in [-0.2, -0.15) is 0 Å². The monoisotopic (exact) mass is 421 g/mol. The van der Waals surface area contributed by atoms with Crippen LogP contribution in [-0.2, 0) is 0 Å². The third-order valence-corrected chi connectivity index (χ3v) is 6.06. The molecular weight excluding hydrogens is 390 g/mol. The number of rotatable bonds is 7. The number of piperazine rings is 1. The van der Waals surface area contributed by atoms with Crippen molar-refractivity contribution in [1.29, 1.82) is 0 Å². The average molecular weight is 422 g/mol. The quantitative estimate of drug-likeness (QED) is 0.602. The van der Waals surface area contributed by atoms with Crippen LogP contribution in [-0.4, -0.2) is 48.6 Å². The summed E-state index contributed by atoms with van der Waals surface area (Å²) in [6.07, 6.45) is 6.21. The number of ether oxygens (including phenoxy) is 1. The Balaban J connectivity index is 1.60. The van der Waals surface area contributed by atoms with Gasteiger partial charge < -0.3 is 25.1 Å². The van der Waals surface area contributed by atoms with Crippen LogP contribution >= 0.6 is 0 Å². The molecule has 0 aliphatic carbocycles. The Morgan fingerprint density at radius 1 is 1.13 bits per heavy atom. The lowest BCUT2D eigenvalue weighted by Gasteiger charge is -2.40. The van der Waals surface area contributed by atoms with Gasteiger partial charge in [0.1, 0.15) is 5.75 Å².